The van der Waals surface area contributed by atoms with E-state index in [1.54, 1.807) is 18.2 Å². The van der Waals surface area contributed by atoms with Gasteiger partial charge in [-0.15, -0.1) is 0 Å². The molecule has 36 heavy (non-hydrogen) atoms. The van der Waals surface area contributed by atoms with Gasteiger partial charge in [0.05, 0.1) is 49.4 Å². The maximum Gasteiger partial charge on any atom is 0.230 e. The summed E-state index contributed by atoms with van der Waals surface area (Å²) in [4.78, 5) is 29.8. The van der Waals surface area contributed by atoms with Crippen molar-refractivity contribution in [3.05, 3.63) is 42.2 Å². The van der Waals surface area contributed by atoms with Crippen LogP contribution in [0, 0.1) is 12.7 Å². The smallest absolute Gasteiger partial charge is 0.230 e. The third kappa shape index (κ3) is 4.87. The minimum Gasteiger partial charge on any atom is -0.493 e. The quantitative estimate of drug-likeness (QED) is 0.368. The Kier molecular flexibility index (Phi) is 6.81. The van der Waals surface area contributed by atoms with Crippen LogP contribution in [-0.4, -0.2) is 70.8 Å². The molecule has 10 nitrogen and oxygen atoms in total. The number of aryl methyl sites for hydroxylation is 1. The lowest BCUT2D eigenvalue weighted by Gasteiger charge is -2.26. The molecule has 4 aromatic rings. The Bertz CT molecular complexity index is 1400. The van der Waals surface area contributed by atoms with Gasteiger partial charge in [0.25, 0.3) is 0 Å². The van der Waals surface area contributed by atoms with Gasteiger partial charge < -0.3 is 28.8 Å². The van der Waals surface area contributed by atoms with Crippen LogP contribution in [0.25, 0.3) is 21.9 Å². The molecule has 11 heteroatoms. The van der Waals surface area contributed by atoms with E-state index in [-0.39, 0.29) is 17.5 Å². The number of nitrogens with one attached hydrogen (secondary N) is 1. The molecule has 1 fully saturated rings. The molecule has 188 valence electrons. The number of aromatic nitrogens is 4. The molecule has 1 aliphatic heterocycles. The third-order valence-corrected chi connectivity index (χ3v) is 5.94. The Balaban J connectivity index is 1.31. The molecule has 0 atom stereocenters. The molecule has 0 unspecified atom stereocenters. The number of carbonyl (C=O) groups is 1. The third-order valence-electron chi connectivity index (χ3n) is 5.94. The Hall–Kier alpha value is -3.99. The summed E-state index contributed by atoms with van der Waals surface area (Å²) in [6, 6.07) is 5.06. The van der Waals surface area contributed by atoms with Crippen LogP contribution in [0.5, 0.6) is 23.1 Å². The van der Waals surface area contributed by atoms with E-state index in [0.717, 1.165) is 5.69 Å². The highest BCUT2D eigenvalue weighted by molar-refractivity contribution is 5.87. The molecule has 1 aliphatic rings. The summed E-state index contributed by atoms with van der Waals surface area (Å²) in [6.07, 6.45) is 3.59. The van der Waals surface area contributed by atoms with Crippen molar-refractivity contribution in [3.8, 4) is 23.1 Å². The lowest BCUT2D eigenvalue weighted by Crippen LogP contribution is -2.40. The van der Waals surface area contributed by atoms with Crippen molar-refractivity contribution in [2.24, 2.45) is 0 Å². The van der Waals surface area contributed by atoms with Crippen molar-refractivity contribution >= 4 is 27.8 Å². The lowest BCUT2D eigenvalue weighted by atomic mass is 10.2. The van der Waals surface area contributed by atoms with Gasteiger partial charge in [0.15, 0.2) is 23.1 Å². The van der Waals surface area contributed by atoms with Gasteiger partial charge in [-0.2, -0.15) is 0 Å². The maximum absolute atomic E-state index is 15.0. The van der Waals surface area contributed by atoms with Crippen molar-refractivity contribution in [2.45, 2.75) is 19.8 Å². The number of halogens is 1. The van der Waals surface area contributed by atoms with Gasteiger partial charge in [0.2, 0.25) is 11.8 Å². The second-order valence-electron chi connectivity index (χ2n) is 8.40. The largest absolute Gasteiger partial charge is 0.493 e. The SMILES string of the molecule is COc1cc2c(Oc3cnc4[nH]c(C)cc4c3F)ncnc2cc1OCCCC(=O)N1CCOCC1. The van der Waals surface area contributed by atoms with Gasteiger partial charge >= 0.3 is 0 Å². The number of ether oxygens (including phenoxy) is 4. The first-order valence-corrected chi connectivity index (χ1v) is 11.7. The van der Waals surface area contributed by atoms with Gasteiger partial charge in [-0.3, -0.25) is 4.79 Å². The zero-order valence-corrected chi connectivity index (χ0v) is 20.0. The van der Waals surface area contributed by atoms with E-state index in [0.29, 0.717) is 79.2 Å². The molecular weight excluding hydrogens is 469 g/mol. The van der Waals surface area contributed by atoms with Crippen molar-refractivity contribution < 1.29 is 28.1 Å². The van der Waals surface area contributed by atoms with E-state index in [2.05, 4.69) is 19.9 Å². The monoisotopic (exact) mass is 495 g/mol. The maximum atomic E-state index is 15.0. The summed E-state index contributed by atoms with van der Waals surface area (Å²) in [5.74, 6) is 0.591. The number of aromatic amines is 1. The van der Waals surface area contributed by atoms with Gasteiger partial charge in [-0.25, -0.2) is 19.3 Å². The number of pyridine rings is 1. The number of fused-ring (bicyclic) bond motifs is 2. The molecule has 0 bridgehead atoms. The number of carbonyl (C=O) groups excluding carboxylic acids is 1. The lowest BCUT2D eigenvalue weighted by molar-refractivity contribution is -0.135. The fraction of sp³-hybridized carbons (Fsp3) is 0.360. The van der Waals surface area contributed by atoms with Gasteiger partial charge in [-0.1, -0.05) is 0 Å². The fourth-order valence-corrected chi connectivity index (χ4v) is 4.10. The first kappa shape index (κ1) is 23.7. The van der Waals surface area contributed by atoms with Crippen LogP contribution in [0.2, 0.25) is 0 Å². The van der Waals surface area contributed by atoms with Gasteiger partial charge in [0.1, 0.15) is 12.0 Å². The van der Waals surface area contributed by atoms with Crippen LogP contribution in [0.1, 0.15) is 18.5 Å². The summed E-state index contributed by atoms with van der Waals surface area (Å²) < 4.78 is 37.5. The fourth-order valence-electron chi connectivity index (χ4n) is 4.10. The molecule has 5 rings (SSSR count). The first-order chi connectivity index (χ1) is 17.5. The number of methoxy groups -OCH3 is 1. The van der Waals surface area contributed by atoms with Crippen LogP contribution in [0.15, 0.2) is 30.7 Å². The number of amides is 1. The average Bonchev–Trinajstić information content (AvgIpc) is 3.29. The standard InChI is InChI=1S/C25H26FN5O5/c1-15-10-17-23(26)21(13-27-24(17)30-15)36-25-16-11-19(33-2)20(12-18(16)28-14-29-25)35-7-3-4-22(32)31-5-8-34-9-6-31/h10-14H,3-9H2,1-2H3,(H,27,30). The molecule has 3 aromatic heterocycles. The molecule has 1 aromatic carbocycles. The molecule has 1 amide bonds. The minimum absolute atomic E-state index is 0.0503. The van der Waals surface area contributed by atoms with Crippen molar-refractivity contribution in [3.63, 3.8) is 0 Å². The van der Waals surface area contributed by atoms with Crippen LogP contribution in [0.3, 0.4) is 0 Å². The number of benzene rings is 1. The van der Waals surface area contributed by atoms with E-state index in [1.807, 2.05) is 11.8 Å². The van der Waals surface area contributed by atoms with Gasteiger partial charge in [-0.05, 0) is 25.5 Å². The number of rotatable bonds is 8. The number of hydrogen-bond donors (Lipinski definition) is 1. The average molecular weight is 496 g/mol. The second kappa shape index (κ2) is 10.3. The van der Waals surface area contributed by atoms with Crippen molar-refractivity contribution in [1.82, 2.24) is 24.8 Å². The number of morpholine rings is 1. The van der Waals surface area contributed by atoms with Crippen LogP contribution in [-0.2, 0) is 9.53 Å². The summed E-state index contributed by atoms with van der Waals surface area (Å²) in [5, 5.41) is 0.859. The van der Waals surface area contributed by atoms with Crippen LogP contribution < -0.4 is 14.2 Å². The molecule has 4 heterocycles. The molecular formula is C25H26FN5O5. The highest BCUT2D eigenvalue weighted by Gasteiger charge is 2.18. The second-order valence-corrected chi connectivity index (χ2v) is 8.40. The summed E-state index contributed by atoms with van der Waals surface area (Å²) >= 11 is 0. The Morgan fingerprint density at radius 2 is 1.94 bits per heavy atom. The highest BCUT2D eigenvalue weighted by atomic mass is 19.1. The Morgan fingerprint density at radius 1 is 1.11 bits per heavy atom. The Morgan fingerprint density at radius 3 is 2.75 bits per heavy atom. The normalized spacial score (nSPS) is 13.8. The predicted octanol–water partition coefficient (Wildman–Crippen LogP) is 3.77. The predicted molar refractivity (Wildman–Crippen MR) is 129 cm³/mol. The number of H-pyrrole nitrogens is 1. The molecule has 0 aliphatic carbocycles. The van der Waals surface area contributed by atoms with E-state index < -0.39 is 5.82 Å². The van der Waals surface area contributed by atoms with Crippen molar-refractivity contribution in [1.29, 1.82) is 0 Å². The van der Waals surface area contributed by atoms with Crippen molar-refractivity contribution in [2.75, 3.05) is 40.0 Å². The number of hydrogen-bond acceptors (Lipinski definition) is 8. The highest BCUT2D eigenvalue weighted by Crippen LogP contribution is 2.37. The van der Waals surface area contributed by atoms with Gasteiger partial charge in [0, 0.05) is 31.3 Å². The molecule has 0 spiro atoms. The summed E-state index contributed by atoms with van der Waals surface area (Å²) in [7, 11) is 1.52. The van der Waals surface area contributed by atoms with E-state index in [1.165, 1.54) is 19.6 Å². The van der Waals surface area contributed by atoms with E-state index in [9.17, 15) is 4.79 Å². The Labute approximate surface area is 206 Å². The molecule has 0 radical (unpaired) electrons. The zero-order chi connectivity index (χ0) is 25.1. The zero-order valence-electron chi connectivity index (χ0n) is 20.0. The first-order valence-electron chi connectivity index (χ1n) is 11.7. The van der Waals surface area contributed by atoms with E-state index in [4.69, 9.17) is 18.9 Å². The number of nitrogens with zero attached hydrogens (tertiary/aromatic N) is 4. The molecule has 1 saturated heterocycles. The molecule has 1 N–H and O–H groups in total. The minimum atomic E-state index is -0.533. The van der Waals surface area contributed by atoms with Crippen LogP contribution >= 0.6 is 0 Å². The van der Waals surface area contributed by atoms with E-state index >= 15 is 4.39 Å². The summed E-state index contributed by atoms with van der Waals surface area (Å²) in [5.41, 5.74) is 1.77. The van der Waals surface area contributed by atoms with Crippen LogP contribution in [0.4, 0.5) is 4.39 Å². The molecule has 0 saturated carbocycles. The topological polar surface area (TPSA) is 112 Å². The summed E-state index contributed by atoms with van der Waals surface area (Å²) in [6.45, 7) is 4.57.